The van der Waals surface area contributed by atoms with Gasteiger partial charge in [-0.25, -0.2) is 4.79 Å². The number of hydrogen-bond acceptors (Lipinski definition) is 4. The normalized spacial score (nSPS) is 10.6. The van der Waals surface area contributed by atoms with Gasteiger partial charge in [-0.05, 0) is 36.6 Å². The number of aromatic nitrogens is 2. The van der Waals surface area contributed by atoms with Crippen LogP contribution in [0.3, 0.4) is 0 Å². The molecule has 0 saturated heterocycles. The molecule has 0 bridgehead atoms. The van der Waals surface area contributed by atoms with E-state index in [0.29, 0.717) is 26.0 Å². The first-order valence-electron chi connectivity index (χ1n) is 9.16. The molecular weight excluding hydrogens is 356 g/mol. The van der Waals surface area contributed by atoms with Crippen molar-refractivity contribution in [3.63, 3.8) is 0 Å². The maximum Gasteiger partial charge on any atom is 0.335 e. The van der Waals surface area contributed by atoms with Crippen molar-refractivity contribution in [1.29, 1.82) is 0 Å². The smallest absolute Gasteiger partial charge is 0.335 e. The van der Waals surface area contributed by atoms with E-state index in [1.807, 2.05) is 41.2 Å². The Hall–Kier alpha value is -3.41. The van der Waals surface area contributed by atoms with Crippen molar-refractivity contribution < 1.29 is 19.4 Å². The molecule has 0 atom stereocenters. The van der Waals surface area contributed by atoms with Crippen molar-refractivity contribution in [2.24, 2.45) is 0 Å². The highest BCUT2D eigenvalue weighted by Gasteiger charge is 2.14. The van der Waals surface area contributed by atoms with Crippen molar-refractivity contribution in [1.82, 2.24) is 9.78 Å². The van der Waals surface area contributed by atoms with E-state index in [-0.39, 0.29) is 11.5 Å². The third-order valence-electron chi connectivity index (χ3n) is 4.33. The maximum absolute atomic E-state index is 11.8. The molecule has 0 saturated carbocycles. The van der Waals surface area contributed by atoms with E-state index >= 15 is 0 Å². The van der Waals surface area contributed by atoms with E-state index < -0.39 is 5.97 Å². The molecular formula is C22H22N2O4. The molecule has 0 aliphatic carbocycles. The summed E-state index contributed by atoms with van der Waals surface area (Å²) in [6, 6.07) is 16.6. The predicted molar refractivity (Wildman–Crippen MR) is 105 cm³/mol. The summed E-state index contributed by atoms with van der Waals surface area (Å²) in [7, 11) is 0. The molecule has 0 amide bonds. The quantitative estimate of drug-likeness (QED) is 0.603. The highest BCUT2D eigenvalue weighted by molar-refractivity contribution is 5.87. The Morgan fingerprint density at radius 1 is 1.07 bits per heavy atom. The van der Waals surface area contributed by atoms with Crippen LogP contribution >= 0.6 is 0 Å². The molecule has 3 rings (SSSR count). The molecule has 28 heavy (non-hydrogen) atoms. The van der Waals surface area contributed by atoms with Crippen LogP contribution in [0.1, 0.15) is 34.8 Å². The van der Waals surface area contributed by atoms with Crippen LogP contribution < -0.4 is 0 Å². The number of hydrogen-bond donors (Lipinski definition) is 1. The number of nitrogens with zero attached hydrogens (tertiary/aromatic N) is 2. The van der Waals surface area contributed by atoms with Gasteiger partial charge in [-0.3, -0.25) is 9.48 Å². The molecule has 6 heteroatoms. The van der Waals surface area contributed by atoms with Crippen molar-refractivity contribution in [2.45, 2.75) is 26.3 Å². The number of benzene rings is 2. The number of aromatic carboxylic acids is 1. The number of carboxylic acid groups (broad SMARTS) is 1. The van der Waals surface area contributed by atoms with Crippen LogP contribution in [-0.4, -0.2) is 33.4 Å². The molecule has 6 nitrogen and oxygen atoms in total. The topological polar surface area (TPSA) is 81.4 Å². The number of ether oxygens (including phenoxy) is 1. The Bertz CT molecular complexity index is 946. The van der Waals surface area contributed by atoms with Crippen molar-refractivity contribution in [2.75, 3.05) is 6.61 Å². The van der Waals surface area contributed by atoms with E-state index in [9.17, 15) is 9.59 Å². The minimum atomic E-state index is -0.946. The van der Waals surface area contributed by atoms with Gasteiger partial charge >= 0.3 is 11.9 Å². The first-order chi connectivity index (χ1) is 13.6. The lowest BCUT2D eigenvalue weighted by Crippen LogP contribution is -2.05. The second-order valence-corrected chi connectivity index (χ2v) is 6.37. The molecule has 144 valence electrons. The van der Waals surface area contributed by atoms with Gasteiger partial charge in [-0.1, -0.05) is 42.5 Å². The number of carbonyl (C=O) groups is 2. The van der Waals surface area contributed by atoms with Gasteiger partial charge in [0.05, 0.1) is 24.4 Å². The van der Waals surface area contributed by atoms with Crippen LogP contribution in [0.5, 0.6) is 0 Å². The number of aryl methyl sites for hydroxylation is 1. The average Bonchev–Trinajstić information content (AvgIpc) is 3.10. The number of rotatable bonds is 8. The van der Waals surface area contributed by atoms with Crippen molar-refractivity contribution in [3.05, 3.63) is 77.5 Å². The zero-order valence-electron chi connectivity index (χ0n) is 15.7. The van der Waals surface area contributed by atoms with Gasteiger partial charge in [-0.2, -0.15) is 5.10 Å². The fraction of sp³-hybridized carbons (Fsp3) is 0.227. The fourth-order valence-electron chi connectivity index (χ4n) is 2.98. The van der Waals surface area contributed by atoms with Crippen molar-refractivity contribution in [3.8, 4) is 11.3 Å². The molecule has 2 aromatic carbocycles. The van der Waals surface area contributed by atoms with E-state index in [2.05, 4.69) is 0 Å². The largest absolute Gasteiger partial charge is 0.478 e. The van der Waals surface area contributed by atoms with E-state index in [1.165, 1.54) is 0 Å². The Labute approximate surface area is 163 Å². The Morgan fingerprint density at radius 2 is 1.79 bits per heavy atom. The second-order valence-electron chi connectivity index (χ2n) is 6.37. The summed E-state index contributed by atoms with van der Waals surface area (Å²) in [5, 5.41) is 13.7. The van der Waals surface area contributed by atoms with Gasteiger partial charge in [-0.15, -0.1) is 0 Å². The van der Waals surface area contributed by atoms with Gasteiger partial charge in [0, 0.05) is 18.2 Å². The van der Waals surface area contributed by atoms with Gasteiger partial charge in [0.25, 0.3) is 0 Å². The third kappa shape index (κ3) is 4.85. The highest BCUT2D eigenvalue weighted by Crippen LogP contribution is 2.23. The zero-order valence-corrected chi connectivity index (χ0v) is 15.7. The van der Waals surface area contributed by atoms with Crippen LogP contribution in [0.2, 0.25) is 0 Å². The molecule has 0 aliphatic rings. The lowest BCUT2D eigenvalue weighted by Gasteiger charge is -2.03. The molecule has 0 spiro atoms. The number of carbonyl (C=O) groups excluding carboxylic acids is 1. The monoisotopic (exact) mass is 378 g/mol. The lowest BCUT2D eigenvalue weighted by molar-refractivity contribution is -0.143. The number of esters is 1. The predicted octanol–water partition coefficient (Wildman–Crippen LogP) is 3.79. The molecule has 0 aliphatic heterocycles. The molecule has 1 N–H and O–H groups in total. The lowest BCUT2D eigenvalue weighted by atomic mass is 10.0. The van der Waals surface area contributed by atoms with E-state index in [4.69, 9.17) is 14.9 Å². The standard InChI is InChI=1S/C22H22N2O4/c1-2-28-20(25)13-12-19-15-24(23-21(19)17-6-4-3-5-7-17)14-16-8-10-18(11-9-16)22(26)27/h3-11,15H,2,12-14H2,1H3,(H,26,27). The minimum absolute atomic E-state index is 0.224. The van der Waals surface area contributed by atoms with Crippen LogP contribution in [0, 0.1) is 0 Å². The van der Waals surface area contributed by atoms with Crippen LogP contribution in [0.15, 0.2) is 60.8 Å². The highest BCUT2D eigenvalue weighted by atomic mass is 16.5. The van der Waals surface area contributed by atoms with Crippen LogP contribution in [0.25, 0.3) is 11.3 Å². The summed E-state index contributed by atoms with van der Waals surface area (Å²) in [4.78, 5) is 22.7. The molecule has 3 aromatic rings. The second kappa shape index (κ2) is 8.99. The first kappa shape index (κ1) is 19.4. The zero-order chi connectivity index (χ0) is 19.9. The van der Waals surface area contributed by atoms with Gasteiger partial charge in [0.2, 0.25) is 0 Å². The minimum Gasteiger partial charge on any atom is -0.478 e. The van der Waals surface area contributed by atoms with Crippen LogP contribution in [-0.2, 0) is 22.5 Å². The van der Waals surface area contributed by atoms with Gasteiger partial charge < -0.3 is 9.84 Å². The van der Waals surface area contributed by atoms with E-state index in [0.717, 1.165) is 22.4 Å². The Kier molecular flexibility index (Phi) is 6.22. The summed E-state index contributed by atoms with van der Waals surface area (Å²) in [5.41, 5.74) is 4.00. The molecule has 0 unspecified atom stereocenters. The summed E-state index contributed by atoms with van der Waals surface area (Å²) in [6.45, 7) is 2.68. The SMILES string of the molecule is CCOC(=O)CCc1cn(Cc2ccc(C(=O)O)cc2)nc1-c1ccccc1. The molecule has 0 radical (unpaired) electrons. The fourth-order valence-corrected chi connectivity index (χ4v) is 2.98. The molecule has 0 fully saturated rings. The van der Waals surface area contributed by atoms with Gasteiger partial charge in [0.15, 0.2) is 0 Å². The van der Waals surface area contributed by atoms with E-state index in [1.54, 1.807) is 31.2 Å². The Morgan fingerprint density at radius 3 is 2.43 bits per heavy atom. The summed E-state index contributed by atoms with van der Waals surface area (Å²) in [5.74, 6) is -1.17. The maximum atomic E-state index is 11.8. The summed E-state index contributed by atoms with van der Waals surface area (Å²) >= 11 is 0. The third-order valence-corrected chi connectivity index (χ3v) is 4.33. The van der Waals surface area contributed by atoms with Crippen LogP contribution in [0.4, 0.5) is 0 Å². The summed E-state index contributed by atoms with van der Waals surface area (Å²) in [6.07, 6.45) is 2.78. The Balaban J connectivity index is 1.83. The first-order valence-corrected chi connectivity index (χ1v) is 9.16. The molecule has 1 aromatic heterocycles. The average molecular weight is 378 g/mol. The number of carboxylic acids is 1. The summed E-state index contributed by atoms with van der Waals surface area (Å²) < 4.78 is 6.85. The van der Waals surface area contributed by atoms with Crippen molar-refractivity contribution >= 4 is 11.9 Å². The van der Waals surface area contributed by atoms with Gasteiger partial charge in [0.1, 0.15) is 0 Å². The molecule has 1 heterocycles.